The van der Waals surface area contributed by atoms with Crippen LogP contribution in [0.5, 0.6) is 11.5 Å². The molecule has 0 saturated heterocycles. The molecule has 0 aliphatic carbocycles. The molecule has 8 heteroatoms. The van der Waals surface area contributed by atoms with Crippen LogP contribution in [0.15, 0.2) is 17.0 Å². The van der Waals surface area contributed by atoms with Crippen LogP contribution in [0.4, 0.5) is 4.39 Å². The van der Waals surface area contributed by atoms with Crippen LogP contribution >= 0.6 is 0 Å². The van der Waals surface area contributed by atoms with Crippen molar-refractivity contribution in [1.29, 1.82) is 0 Å². The zero-order valence-electron chi connectivity index (χ0n) is 10.1. The van der Waals surface area contributed by atoms with Crippen molar-refractivity contribution in [2.45, 2.75) is 4.90 Å². The number of nitrogens with one attached hydrogen (secondary N) is 1. The maximum atomic E-state index is 13.7. The fourth-order valence-electron chi connectivity index (χ4n) is 1.31. The first-order chi connectivity index (χ1) is 8.46. The highest BCUT2D eigenvalue weighted by Gasteiger charge is 2.21. The van der Waals surface area contributed by atoms with Crippen molar-refractivity contribution in [3.05, 3.63) is 17.9 Å². The zero-order chi connectivity index (χ0) is 13.8. The van der Waals surface area contributed by atoms with E-state index < -0.39 is 20.7 Å². The highest BCUT2D eigenvalue weighted by molar-refractivity contribution is 7.89. The number of benzene rings is 1. The molecule has 0 radical (unpaired) electrons. The van der Waals surface area contributed by atoms with Crippen molar-refractivity contribution in [2.24, 2.45) is 5.73 Å². The van der Waals surface area contributed by atoms with Gasteiger partial charge in [-0.05, 0) is 0 Å². The molecular formula is C10H15FN2O4S. The Balaban J connectivity index is 3.25. The van der Waals surface area contributed by atoms with E-state index in [1.807, 2.05) is 0 Å². The molecule has 0 unspecified atom stereocenters. The van der Waals surface area contributed by atoms with E-state index in [0.717, 1.165) is 12.1 Å². The van der Waals surface area contributed by atoms with Gasteiger partial charge in [0, 0.05) is 25.2 Å². The Morgan fingerprint density at radius 3 is 2.33 bits per heavy atom. The number of nitrogens with two attached hydrogens (primary N) is 1. The van der Waals surface area contributed by atoms with Crippen molar-refractivity contribution in [1.82, 2.24) is 4.72 Å². The van der Waals surface area contributed by atoms with Gasteiger partial charge in [-0.1, -0.05) is 0 Å². The van der Waals surface area contributed by atoms with E-state index in [1.165, 1.54) is 14.2 Å². The molecule has 1 rings (SSSR count). The summed E-state index contributed by atoms with van der Waals surface area (Å²) in [5.74, 6) is -0.669. The van der Waals surface area contributed by atoms with E-state index in [9.17, 15) is 12.8 Å². The van der Waals surface area contributed by atoms with E-state index in [1.54, 1.807) is 0 Å². The minimum absolute atomic E-state index is 0.0239. The molecule has 0 aromatic heterocycles. The number of rotatable bonds is 6. The highest BCUT2D eigenvalue weighted by Crippen LogP contribution is 2.31. The predicted octanol–water partition coefficient (Wildman–Crippen LogP) is 0.0799. The number of hydrogen-bond acceptors (Lipinski definition) is 5. The van der Waals surface area contributed by atoms with Crippen LogP contribution in [0, 0.1) is 5.82 Å². The van der Waals surface area contributed by atoms with Gasteiger partial charge >= 0.3 is 0 Å². The first kappa shape index (κ1) is 14.7. The van der Waals surface area contributed by atoms with E-state index in [0.29, 0.717) is 0 Å². The van der Waals surface area contributed by atoms with Gasteiger partial charge in [0.05, 0.1) is 14.2 Å². The van der Waals surface area contributed by atoms with Gasteiger partial charge in [0.1, 0.15) is 10.7 Å². The van der Waals surface area contributed by atoms with Gasteiger partial charge in [-0.2, -0.15) is 0 Å². The molecule has 6 nitrogen and oxygen atoms in total. The summed E-state index contributed by atoms with van der Waals surface area (Å²) in [4.78, 5) is -0.506. The molecule has 0 aliphatic rings. The van der Waals surface area contributed by atoms with Crippen LogP contribution < -0.4 is 19.9 Å². The number of sulfonamides is 1. The topological polar surface area (TPSA) is 90.7 Å². The Bertz CT molecular complexity index is 519. The number of hydrogen-bond donors (Lipinski definition) is 2. The Morgan fingerprint density at radius 1 is 1.28 bits per heavy atom. The van der Waals surface area contributed by atoms with Crippen LogP contribution in [-0.4, -0.2) is 35.7 Å². The fraction of sp³-hybridized carbons (Fsp3) is 0.400. The molecule has 1 aromatic rings. The standard InChI is InChI=1S/C10H15FN2O4S/c1-16-8-5-7(11)10(6-9(8)17-2)18(14,15)13-4-3-12/h5-6,13H,3-4,12H2,1-2H3. The lowest BCUT2D eigenvalue weighted by molar-refractivity contribution is 0.350. The quantitative estimate of drug-likeness (QED) is 0.769. The Labute approximate surface area is 105 Å². The maximum absolute atomic E-state index is 13.7. The van der Waals surface area contributed by atoms with Crippen LogP contribution in [0.3, 0.4) is 0 Å². The third-order valence-electron chi connectivity index (χ3n) is 2.16. The lowest BCUT2D eigenvalue weighted by Crippen LogP contribution is -2.29. The van der Waals surface area contributed by atoms with Crippen LogP contribution in [-0.2, 0) is 10.0 Å². The summed E-state index contributed by atoms with van der Waals surface area (Å²) in [6.45, 7) is 0.143. The summed E-state index contributed by atoms with van der Waals surface area (Å²) in [6.07, 6.45) is 0. The summed E-state index contributed by atoms with van der Waals surface area (Å²) in [5.41, 5.74) is 5.19. The maximum Gasteiger partial charge on any atom is 0.243 e. The minimum Gasteiger partial charge on any atom is -0.493 e. The average Bonchev–Trinajstić information content (AvgIpc) is 2.35. The van der Waals surface area contributed by atoms with E-state index >= 15 is 0 Å². The molecule has 0 fully saturated rings. The van der Waals surface area contributed by atoms with Gasteiger partial charge in [-0.25, -0.2) is 17.5 Å². The second kappa shape index (κ2) is 5.98. The molecule has 18 heavy (non-hydrogen) atoms. The van der Waals surface area contributed by atoms with Crippen molar-refractivity contribution in [3.8, 4) is 11.5 Å². The summed E-state index contributed by atoms with van der Waals surface area (Å²) in [6, 6.07) is 2.02. The Hall–Kier alpha value is -1.38. The highest BCUT2D eigenvalue weighted by atomic mass is 32.2. The van der Waals surface area contributed by atoms with E-state index in [-0.39, 0.29) is 24.6 Å². The number of halogens is 1. The SMILES string of the molecule is COc1cc(F)c(S(=O)(=O)NCCN)cc1OC. The Morgan fingerprint density at radius 2 is 1.83 bits per heavy atom. The monoisotopic (exact) mass is 278 g/mol. The summed E-state index contributed by atoms with van der Waals surface area (Å²) in [5, 5.41) is 0. The lowest BCUT2D eigenvalue weighted by Gasteiger charge is -2.11. The fourth-order valence-corrected chi connectivity index (χ4v) is 2.43. The Kier molecular flexibility index (Phi) is 4.88. The normalized spacial score (nSPS) is 11.3. The molecule has 1 aromatic carbocycles. The molecule has 0 spiro atoms. The third-order valence-corrected chi connectivity index (χ3v) is 3.64. The van der Waals surface area contributed by atoms with E-state index in [4.69, 9.17) is 15.2 Å². The number of methoxy groups -OCH3 is 2. The van der Waals surface area contributed by atoms with Gasteiger partial charge in [-0.3, -0.25) is 0 Å². The molecule has 0 saturated carbocycles. The first-order valence-electron chi connectivity index (χ1n) is 5.07. The molecule has 0 aliphatic heterocycles. The molecule has 102 valence electrons. The van der Waals surface area contributed by atoms with Crippen molar-refractivity contribution < 1.29 is 22.3 Å². The van der Waals surface area contributed by atoms with Gasteiger partial charge in [0.25, 0.3) is 0 Å². The van der Waals surface area contributed by atoms with Gasteiger partial charge in [0.15, 0.2) is 11.5 Å². The van der Waals surface area contributed by atoms with Gasteiger partial charge in [-0.15, -0.1) is 0 Å². The molecule has 0 heterocycles. The first-order valence-corrected chi connectivity index (χ1v) is 6.55. The number of ether oxygens (including phenoxy) is 2. The van der Waals surface area contributed by atoms with Crippen molar-refractivity contribution >= 4 is 10.0 Å². The van der Waals surface area contributed by atoms with Crippen LogP contribution in [0.25, 0.3) is 0 Å². The predicted molar refractivity (Wildman–Crippen MR) is 63.7 cm³/mol. The zero-order valence-corrected chi connectivity index (χ0v) is 10.9. The van der Waals surface area contributed by atoms with Crippen LogP contribution in [0.2, 0.25) is 0 Å². The largest absolute Gasteiger partial charge is 0.493 e. The second-order valence-electron chi connectivity index (χ2n) is 3.32. The van der Waals surface area contributed by atoms with Crippen molar-refractivity contribution in [2.75, 3.05) is 27.3 Å². The molecule has 3 N–H and O–H groups in total. The van der Waals surface area contributed by atoms with Crippen molar-refractivity contribution in [3.63, 3.8) is 0 Å². The lowest BCUT2D eigenvalue weighted by atomic mass is 10.3. The van der Waals surface area contributed by atoms with Crippen LogP contribution in [0.1, 0.15) is 0 Å². The van der Waals surface area contributed by atoms with E-state index in [2.05, 4.69) is 4.72 Å². The molecule has 0 atom stereocenters. The summed E-state index contributed by atoms with van der Waals surface area (Å²) < 4.78 is 49.2. The average molecular weight is 278 g/mol. The minimum atomic E-state index is -3.95. The molecule has 0 bridgehead atoms. The molecule has 0 amide bonds. The van der Waals surface area contributed by atoms with Gasteiger partial charge < -0.3 is 15.2 Å². The summed E-state index contributed by atoms with van der Waals surface area (Å²) >= 11 is 0. The second-order valence-corrected chi connectivity index (χ2v) is 5.06. The van der Waals surface area contributed by atoms with Gasteiger partial charge in [0.2, 0.25) is 10.0 Å². The smallest absolute Gasteiger partial charge is 0.243 e. The summed E-state index contributed by atoms with van der Waals surface area (Å²) in [7, 11) is -1.29. The molecular weight excluding hydrogens is 263 g/mol. The third kappa shape index (κ3) is 3.09.